The third-order valence-corrected chi connectivity index (χ3v) is 4.40. The molecule has 5 nitrogen and oxygen atoms in total. The molecule has 0 bridgehead atoms. The highest BCUT2D eigenvalue weighted by Gasteiger charge is 2.22. The van der Waals surface area contributed by atoms with Gasteiger partial charge in [0, 0.05) is 5.69 Å². The Hall–Kier alpha value is -2.59. The van der Waals surface area contributed by atoms with Gasteiger partial charge in [-0.1, -0.05) is 12.1 Å². The summed E-state index contributed by atoms with van der Waals surface area (Å²) < 4.78 is 40.5. The van der Waals surface area contributed by atoms with Crippen LogP contribution in [0.15, 0.2) is 41.3 Å². The Labute approximate surface area is 121 Å². The van der Waals surface area contributed by atoms with Crippen molar-refractivity contribution in [3.05, 3.63) is 53.3 Å². The molecule has 7 heteroatoms. The van der Waals surface area contributed by atoms with Gasteiger partial charge in [-0.05, 0) is 36.8 Å². The molecule has 0 aliphatic carbocycles. The van der Waals surface area contributed by atoms with Crippen LogP contribution in [0.5, 0.6) is 0 Å². The molecule has 3 N–H and O–H groups in total. The monoisotopic (exact) mass is 305 g/mol. The van der Waals surface area contributed by atoms with Crippen molar-refractivity contribution in [2.45, 2.75) is 11.8 Å². The number of nitrogens with one attached hydrogen (secondary N) is 1. The van der Waals surface area contributed by atoms with E-state index in [0.717, 1.165) is 6.07 Å². The van der Waals surface area contributed by atoms with E-state index in [4.69, 9.17) is 11.0 Å². The van der Waals surface area contributed by atoms with E-state index in [9.17, 15) is 12.8 Å². The first kappa shape index (κ1) is 14.8. The number of hydrogen-bond donors (Lipinski definition) is 2. The van der Waals surface area contributed by atoms with Crippen molar-refractivity contribution < 1.29 is 12.8 Å². The fourth-order valence-corrected chi connectivity index (χ4v) is 3.09. The minimum Gasteiger partial charge on any atom is -0.398 e. The van der Waals surface area contributed by atoms with E-state index < -0.39 is 26.3 Å². The second kappa shape index (κ2) is 5.42. The number of hydrogen-bond acceptors (Lipinski definition) is 4. The molecule has 108 valence electrons. The lowest BCUT2D eigenvalue weighted by atomic mass is 10.2. The van der Waals surface area contributed by atoms with Gasteiger partial charge < -0.3 is 5.73 Å². The topological polar surface area (TPSA) is 96.0 Å². The Morgan fingerprint density at radius 2 is 1.90 bits per heavy atom. The molecule has 0 aliphatic heterocycles. The maximum atomic E-state index is 13.5. The Balaban J connectivity index is 2.52. The van der Waals surface area contributed by atoms with Crippen molar-refractivity contribution in [1.82, 2.24) is 0 Å². The standard InChI is InChI=1S/C14H12FN3O2S/c1-9-12(17)5-3-6-13(9)18-21(19,20)14-7-2-4-11(15)10(14)8-16/h2-7,18H,17H2,1H3. The largest absolute Gasteiger partial charge is 0.398 e. The van der Waals surface area contributed by atoms with E-state index in [1.807, 2.05) is 0 Å². The molecule has 0 unspecified atom stereocenters. The number of anilines is 2. The Morgan fingerprint density at radius 1 is 1.24 bits per heavy atom. The molecular weight excluding hydrogens is 293 g/mol. The SMILES string of the molecule is Cc1c(N)cccc1NS(=O)(=O)c1cccc(F)c1C#N. The molecule has 0 aliphatic rings. The smallest absolute Gasteiger partial charge is 0.263 e. The van der Waals surface area contributed by atoms with Gasteiger partial charge in [0.2, 0.25) is 0 Å². The number of nitrogen functional groups attached to an aromatic ring is 1. The number of sulfonamides is 1. The lowest BCUT2D eigenvalue weighted by Gasteiger charge is -2.12. The molecule has 0 amide bonds. The van der Waals surface area contributed by atoms with Crippen LogP contribution < -0.4 is 10.5 Å². The summed E-state index contributed by atoms with van der Waals surface area (Å²) in [5.41, 5.74) is 6.45. The van der Waals surface area contributed by atoms with Crippen LogP contribution in [0.2, 0.25) is 0 Å². The van der Waals surface area contributed by atoms with Gasteiger partial charge in [0.25, 0.3) is 10.0 Å². The van der Waals surface area contributed by atoms with Crippen LogP contribution in [-0.2, 0) is 10.0 Å². The maximum absolute atomic E-state index is 13.5. The summed E-state index contributed by atoms with van der Waals surface area (Å²) in [5, 5.41) is 8.93. The number of halogens is 1. The fourth-order valence-electron chi connectivity index (χ4n) is 1.80. The fraction of sp³-hybridized carbons (Fsp3) is 0.0714. The lowest BCUT2D eigenvalue weighted by molar-refractivity contribution is 0.593. The first-order valence-corrected chi connectivity index (χ1v) is 7.41. The van der Waals surface area contributed by atoms with Gasteiger partial charge in [0.1, 0.15) is 22.3 Å². The summed E-state index contributed by atoms with van der Waals surface area (Å²) in [6.07, 6.45) is 0. The van der Waals surface area contributed by atoms with Crippen LogP contribution >= 0.6 is 0 Å². The summed E-state index contributed by atoms with van der Waals surface area (Å²) in [6, 6.07) is 9.76. The highest BCUT2D eigenvalue weighted by Crippen LogP contribution is 2.25. The van der Waals surface area contributed by atoms with Gasteiger partial charge in [-0.2, -0.15) is 5.26 Å². The molecule has 0 radical (unpaired) electrons. The summed E-state index contributed by atoms with van der Waals surface area (Å²) in [6.45, 7) is 1.66. The van der Waals surface area contributed by atoms with Crippen molar-refractivity contribution in [2.75, 3.05) is 10.5 Å². The number of nitrogens with two attached hydrogens (primary N) is 1. The Kier molecular flexibility index (Phi) is 3.82. The summed E-state index contributed by atoms with van der Waals surface area (Å²) in [7, 11) is -4.09. The molecule has 2 aromatic carbocycles. The van der Waals surface area contributed by atoms with Crippen molar-refractivity contribution >= 4 is 21.4 Å². The molecule has 21 heavy (non-hydrogen) atoms. The van der Waals surface area contributed by atoms with Crippen molar-refractivity contribution in [2.24, 2.45) is 0 Å². The molecule has 0 heterocycles. The van der Waals surface area contributed by atoms with E-state index in [0.29, 0.717) is 11.3 Å². The van der Waals surface area contributed by atoms with Gasteiger partial charge in [0.05, 0.1) is 5.69 Å². The van der Waals surface area contributed by atoms with Gasteiger partial charge in [0.15, 0.2) is 0 Å². The quantitative estimate of drug-likeness (QED) is 0.851. The molecule has 2 aromatic rings. The van der Waals surface area contributed by atoms with E-state index in [1.165, 1.54) is 18.2 Å². The zero-order valence-corrected chi connectivity index (χ0v) is 11.9. The first-order chi connectivity index (χ1) is 9.86. The maximum Gasteiger partial charge on any atom is 0.263 e. The second-order valence-corrected chi connectivity index (χ2v) is 6.00. The zero-order chi connectivity index (χ0) is 15.6. The number of benzene rings is 2. The third kappa shape index (κ3) is 2.80. The van der Waals surface area contributed by atoms with E-state index in [2.05, 4.69) is 4.72 Å². The number of nitrogens with zero attached hydrogens (tertiary/aromatic N) is 1. The highest BCUT2D eigenvalue weighted by molar-refractivity contribution is 7.92. The number of nitriles is 1. The molecule has 0 atom stereocenters. The van der Waals surface area contributed by atoms with Gasteiger partial charge in [-0.15, -0.1) is 0 Å². The average Bonchev–Trinajstić information content (AvgIpc) is 2.43. The minimum atomic E-state index is -4.09. The first-order valence-electron chi connectivity index (χ1n) is 5.93. The van der Waals surface area contributed by atoms with Crippen LogP contribution in [0.25, 0.3) is 0 Å². The molecule has 0 aromatic heterocycles. The van der Waals surface area contributed by atoms with E-state index in [1.54, 1.807) is 25.1 Å². The van der Waals surface area contributed by atoms with Gasteiger partial charge in [-0.25, -0.2) is 12.8 Å². The lowest BCUT2D eigenvalue weighted by Crippen LogP contribution is -2.16. The van der Waals surface area contributed by atoms with E-state index >= 15 is 0 Å². The average molecular weight is 305 g/mol. The normalized spacial score (nSPS) is 10.9. The van der Waals surface area contributed by atoms with Crippen LogP contribution in [-0.4, -0.2) is 8.42 Å². The van der Waals surface area contributed by atoms with Crippen LogP contribution in [0.4, 0.5) is 15.8 Å². The minimum absolute atomic E-state index is 0.281. The van der Waals surface area contributed by atoms with Crippen LogP contribution in [0, 0.1) is 24.1 Å². The van der Waals surface area contributed by atoms with Crippen molar-refractivity contribution in [3.63, 3.8) is 0 Å². The summed E-state index contributed by atoms with van der Waals surface area (Å²) >= 11 is 0. The van der Waals surface area contributed by atoms with Crippen LogP contribution in [0.3, 0.4) is 0 Å². The molecule has 2 rings (SSSR count). The Morgan fingerprint density at radius 3 is 2.57 bits per heavy atom. The van der Waals surface area contributed by atoms with Gasteiger partial charge in [-0.3, -0.25) is 4.72 Å². The van der Waals surface area contributed by atoms with Crippen molar-refractivity contribution in [1.29, 1.82) is 5.26 Å². The molecule has 0 spiro atoms. The van der Waals surface area contributed by atoms with Crippen molar-refractivity contribution in [3.8, 4) is 6.07 Å². The van der Waals surface area contributed by atoms with Gasteiger partial charge >= 0.3 is 0 Å². The predicted octanol–water partition coefficient (Wildman–Crippen LogP) is 2.39. The van der Waals surface area contributed by atoms with E-state index in [-0.39, 0.29) is 5.69 Å². The molecule has 0 saturated carbocycles. The number of rotatable bonds is 3. The molecular formula is C14H12FN3O2S. The predicted molar refractivity (Wildman–Crippen MR) is 77.5 cm³/mol. The molecule has 0 fully saturated rings. The highest BCUT2D eigenvalue weighted by atomic mass is 32.2. The van der Waals surface area contributed by atoms with Crippen LogP contribution in [0.1, 0.15) is 11.1 Å². The second-order valence-electron chi connectivity index (χ2n) is 4.35. The molecule has 0 saturated heterocycles. The Bertz CT molecular complexity index is 842. The summed E-state index contributed by atoms with van der Waals surface area (Å²) in [5.74, 6) is -0.885. The third-order valence-electron chi connectivity index (χ3n) is 3.00. The zero-order valence-electron chi connectivity index (χ0n) is 11.1. The summed E-state index contributed by atoms with van der Waals surface area (Å²) in [4.78, 5) is -0.410.